The molecule has 0 unspecified atom stereocenters. The molecule has 0 aliphatic rings. The summed E-state index contributed by atoms with van der Waals surface area (Å²) in [6, 6.07) is 10.0. The van der Waals surface area contributed by atoms with Gasteiger partial charge < -0.3 is 36.6 Å². The van der Waals surface area contributed by atoms with Gasteiger partial charge in [-0.2, -0.15) is 24.6 Å². The van der Waals surface area contributed by atoms with Crippen molar-refractivity contribution in [1.82, 2.24) is 0 Å². The Morgan fingerprint density at radius 2 is 1.23 bits per heavy atom. The molecular formula is C12H24Ti-6. The molecule has 0 saturated carbocycles. The Bertz CT molecular complexity index is 72.0. The summed E-state index contributed by atoms with van der Waals surface area (Å²) >= 11 is 0. The van der Waals surface area contributed by atoms with Crippen molar-refractivity contribution in [2.24, 2.45) is 0 Å². The zero-order chi connectivity index (χ0) is 6.24. The molecule has 1 rings (SSSR count). The molecule has 0 atom stereocenters. The molecule has 0 nitrogen and oxygen atoms in total. The molecule has 0 aliphatic carbocycles. The molecule has 0 aliphatic heterocycles. The Hall–Kier alpha value is 0.0643. The van der Waals surface area contributed by atoms with Crippen LogP contribution in [0.3, 0.4) is 0 Å². The van der Waals surface area contributed by atoms with E-state index in [0.29, 0.717) is 0 Å². The van der Waals surface area contributed by atoms with Gasteiger partial charge in [0, 0.05) is 21.7 Å². The second kappa shape index (κ2) is 40.2. The maximum atomic E-state index is 3.49. The number of rotatable bonds is 0. The van der Waals surface area contributed by atoms with Crippen molar-refractivity contribution >= 4 is 0 Å². The van der Waals surface area contributed by atoms with Crippen molar-refractivity contribution in [3.05, 3.63) is 67.0 Å². The molecule has 1 aromatic rings. The second-order valence-electron chi connectivity index (χ2n) is 1.46. The van der Waals surface area contributed by atoms with E-state index in [4.69, 9.17) is 0 Å². The third-order valence-electron chi connectivity index (χ3n) is 0.556. The minimum absolute atomic E-state index is 0. The average Bonchev–Trinajstić information content (AvgIpc) is 2.17. The van der Waals surface area contributed by atoms with Crippen LogP contribution < -0.4 is 0 Å². The topological polar surface area (TPSA) is 0 Å². The normalized spacial score (nSPS) is 4.46. The molecule has 1 heteroatoms. The van der Waals surface area contributed by atoms with Gasteiger partial charge >= 0.3 is 0 Å². The fourth-order valence-corrected chi connectivity index (χ4v) is 0.321. The van der Waals surface area contributed by atoms with E-state index in [9.17, 15) is 0 Å². The Balaban J connectivity index is -0.0000000144. The van der Waals surface area contributed by atoms with Crippen molar-refractivity contribution in [3.63, 3.8) is 0 Å². The van der Waals surface area contributed by atoms with E-state index in [0.717, 1.165) is 6.42 Å². The smallest absolute Gasteiger partial charge is 0 e. The van der Waals surface area contributed by atoms with Crippen LogP contribution in [0.1, 0.15) is 13.3 Å². The van der Waals surface area contributed by atoms with Gasteiger partial charge in [0.1, 0.15) is 0 Å². The monoisotopic (exact) mass is 216 g/mol. The molecule has 0 radical (unpaired) electrons. The third kappa shape index (κ3) is 47.6. The number of hydrogen-bond acceptors (Lipinski definition) is 0. The minimum Gasteiger partial charge on any atom is -0.358 e. The summed E-state index contributed by atoms with van der Waals surface area (Å²) in [6.07, 6.45) is 1.00. The zero-order valence-electron chi connectivity index (χ0n) is 9.80. The third-order valence-corrected chi connectivity index (χ3v) is 0.556. The van der Waals surface area contributed by atoms with Gasteiger partial charge in [0.05, 0.1) is 0 Å². The van der Waals surface area contributed by atoms with Gasteiger partial charge in [0.15, 0.2) is 0 Å². The first kappa shape index (κ1) is 38.1. The summed E-state index contributed by atoms with van der Waals surface area (Å²) in [5, 5.41) is 0. The van der Waals surface area contributed by atoms with Crippen molar-refractivity contribution < 1.29 is 21.7 Å². The van der Waals surface area contributed by atoms with Crippen molar-refractivity contribution in [2.75, 3.05) is 0 Å². The average molecular weight is 216 g/mol. The van der Waals surface area contributed by atoms with Gasteiger partial charge in [-0.05, 0) is 0 Å². The summed E-state index contributed by atoms with van der Waals surface area (Å²) in [6.45, 7) is 5.50. The van der Waals surface area contributed by atoms with E-state index in [1.165, 1.54) is 0 Å². The molecule has 1 aromatic carbocycles. The van der Waals surface area contributed by atoms with Crippen LogP contribution >= 0.6 is 0 Å². The zero-order valence-corrected chi connectivity index (χ0v) is 11.4. The van der Waals surface area contributed by atoms with Crippen molar-refractivity contribution in [2.45, 2.75) is 13.3 Å². The second-order valence-corrected chi connectivity index (χ2v) is 1.46. The summed E-state index contributed by atoms with van der Waals surface area (Å²) in [7, 11) is 0. The molecule has 0 heterocycles. The van der Waals surface area contributed by atoms with E-state index >= 15 is 0 Å². The Kier molecular flexibility index (Phi) is 118. The van der Waals surface area contributed by atoms with Crippen LogP contribution in [0.25, 0.3) is 0 Å². The standard InChI is InChI=1S/C5H5.C3H7.4CH3.Ti/c1-2-4-5-3-1;1-3-2;;;;;/h1-5H;1,3H2,2H3;4*1H3;/q6*-1;. The molecule has 0 fully saturated rings. The molecule has 0 spiro atoms. The van der Waals surface area contributed by atoms with Gasteiger partial charge in [-0.3, -0.25) is 0 Å². The van der Waals surface area contributed by atoms with Crippen LogP contribution in [0.4, 0.5) is 0 Å². The van der Waals surface area contributed by atoms with Crippen molar-refractivity contribution in [3.8, 4) is 0 Å². The molecule has 82 valence electrons. The largest absolute Gasteiger partial charge is 0.358 e. The fraction of sp³-hybridized carbons (Fsp3) is 0.167. The first-order chi connectivity index (χ1) is 3.91. The van der Waals surface area contributed by atoms with Gasteiger partial charge in [-0.15, -0.1) is 0 Å². The van der Waals surface area contributed by atoms with Gasteiger partial charge in [0.25, 0.3) is 0 Å². The van der Waals surface area contributed by atoms with Gasteiger partial charge in [-0.25, -0.2) is 12.1 Å². The summed E-state index contributed by atoms with van der Waals surface area (Å²) in [5.41, 5.74) is 0. The van der Waals surface area contributed by atoms with E-state index in [1.54, 1.807) is 0 Å². The predicted molar refractivity (Wildman–Crippen MR) is 63.3 cm³/mol. The Labute approximate surface area is 102 Å². The maximum Gasteiger partial charge on any atom is 0 e. The van der Waals surface area contributed by atoms with Crippen LogP contribution in [-0.4, -0.2) is 0 Å². The van der Waals surface area contributed by atoms with E-state index < -0.39 is 0 Å². The maximum absolute atomic E-state index is 3.49. The molecule has 0 amide bonds. The molecule has 0 bridgehead atoms. The van der Waals surface area contributed by atoms with Crippen LogP contribution in [0.2, 0.25) is 0 Å². The minimum atomic E-state index is 0. The summed E-state index contributed by atoms with van der Waals surface area (Å²) < 4.78 is 0. The first-order valence-corrected chi connectivity index (χ1v) is 2.87. The SMILES string of the molecule is [CH2-]CC.[CH3-].[CH3-].[CH3-].[CH3-].[Ti].c1cc[cH-]c1. The molecule has 0 aromatic heterocycles. The summed E-state index contributed by atoms with van der Waals surface area (Å²) in [4.78, 5) is 0. The van der Waals surface area contributed by atoms with Gasteiger partial charge in [0.2, 0.25) is 0 Å². The van der Waals surface area contributed by atoms with E-state index in [1.807, 2.05) is 37.3 Å². The Morgan fingerprint density at radius 1 is 1.00 bits per heavy atom. The first-order valence-electron chi connectivity index (χ1n) is 2.87. The fourth-order valence-electron chi connectivity index (χ4n) is 0.321. The van der Waals surface area contributed by atoms with Crippen LogP contribution in [-0.2, 0) is 21.7 Å². The molecular weight excluding hydrogens is 192 g/mol. The van der Waals surface area contributed by atoms with Gasteiger partial charge in [-0.1, -0.05) is 6.92 Å². The molecule has 0 saturated heterocycles. The van der Waals surface area contributed by atoms with Crippen LogP contribution in [0.15, 0.2) is 30.3 Å². The Morgan fingerprint density at radius 3 is 1.31 bits per heavy atom. The molecule has 0 N–H and O–H groups in total. The molecule has 13 heavy (non-hydrogen) atoms. The van der Waals surface area contributed by atoms with E-state index in [-0.39, 0.29) is 51.4 Å². The van der Waals surface area contributed by atoms with Crippen LogP contribution in [0, 0.1) is 36.6 Å². The number of hydrogen-bond donors (Lipinski definition) is 0. The van der Waals surface area contributed by atoms with Crippen molar-refractivity contribution in [1.29, 1.82) is 0 Å². The summed E-state index contributed by atoms with van der Waals surface area (Å²) in [5.74, 6) is 0. The quantitative estimate of drug-likeness (QED) is 0.444. The van der Waals surface area contributed by atoms with E-state index in [2.05, 4.69) is 6.92 Å². The van der Waals surface area contributed by atoms with Crippen LogP contribution in [0.5, 0.6) is 0 Å². The predicted octanol–water partition coefficient (Wildman–Crippen LogP) is 4.43.